The molecule has 3 nitrogen and oxygen atoms in total. The van der Waals surface area contributed by atoms with Crippen LogP contribution < -0.4 is 4.90 Å². The molecule has 0 unspecified atom stereocenters. The summed E-state index contributed by atoms with van der Waals surface area (Å²) in [7, 11) is 0. The van der Waals surface area contributed by atoms with Crippen molar-refractivity contribution in [1.82, 2.24) is 4.57 Å². The molecule has 52 heavy (non-hydrogen) atoms. The second-order valence-electron chi connectivity index (χ2n) is 13.3. The molecule has 244 valence electrons. The van der Waals surface area contributed by atoms with Crippen molar-refractivity contribution in [2.75, 3.05) is 4.90 Å². The minimum atomic E-state index is 0.898. The Kier molecular flexibility index (Phi) is 6.48. The minimum Gasteiger partial charge on any atom is -0.456 e. The second-order valence-corrected chi connectivity index (χ2v) is 14.4. The van der Waals surface area contributed by atoms with Crippen LogP contribution in [0.1, 0.15) is 0 Å². The van der Waals surface area contributed by atoms with Gasteiger partial charge in [-0.05, 0) is 83.4 Å². The Morgan fingerprint density at radius 1 is 0.404 bits per heavy atom. The molecule has 8 aromatic carbocycles. The molecule has 1 aliphatic heterocycles. The predicted molar refractivity (Wildman–Crippen MR) is 218 cm³/mol. The van der Waals surface area contributed by atoms with Gasteiger partial charge in [0.2, 0.25) is 0 Å². The van der Waals surface area contributed by atoms with E-state index in [1.54, 1.807) is 0 Å². The number of rotatable bonds is 4. The number of nitrogens with zero attached hydrogens (tertiary/aromatic N) is 2. The van der Waals surface area contributed by atoms with Gasteiger partial charge in [0.25, 0.3) is 0 Å². The van der Waals surface area contributed by atoms with Crippen LogP contribution >= 0.6 is 11.8 Å². The Bertz CT molecular complexity index is 2930. The molecular formula is C48H30N2OS. The Balaban J connectivity index is 1.24. The molecule has 4 heteroatoms. The van der Waals surface area contributed by atoms with Crippen LogP contribution in [0.4, 0.5) is 17.1 Å². The lowest BCUT2D eigenvalue weighted by atomic mass is 9.93. The maximum Gasteiger partial charge on any atom is 0.136 e. The number of aromatic nitrogens is 1. The van der Waals surface area contributed by atoms with Gasteiger partial charge in [-0.2, -0.15) is 0 Å². The third-order valence-electron chi connectivity index (χ3n) is 10.4. The number of hydrogen-bond donors (Lipinski definition) is 0. The first-order valence-electron chi connectivity index (χ1n) is 17.6. The zero-order chi connectivity index (χ0) is 34.2. The van der Waals surface area contributed by atoms with Crippen LogP contribution in [0.5, 0.6) is 0 Å². The van der Waals surface area contributed by atoms with E-state index in [0.717, 1.165) is 55.6 Å². The number of hydrogen-bond acceptors (Lipinski definition) is 3. The average Bonchev–Trinajstić information content (AvgIpc) is 3.76. The van der Waals surface area contributed by atoms with Crippen molar-refractivity contribution in [1.29, 1.82) is 0 Å². The molecule has 0 saturated heterocycles. The largest absolute Gasteiger partial charge is 0.456 e. The first-order valence-corrected chi connectivity index (χ1v) is 18.4. The molecule has 1 aliphatic rings. The van der Waals surface area contributed by atoms with Gasteiger partial charge in [0, 0.05) is 36.9 Å². The summed E-state index contributed by atoms with van der Waals surface area (Å²) in [5, 5.41) is 4.75. The summed E-state index contributed by atoms with van der Waals surface area (Å²) >= 11 is 1.84. The summed E-state index contributed by atoms with van der Waals surface area (Å²) in [4.78, 5) is 4.94. The topological polar surface area (TPSA) is 21.3 Å². The van der Waals surface area contributed by atoms with Crippen molar-refractivity contribution in [2.45, 2.75) is 9.79 Å². The third kappa shape index (κ3) is 4.35. The molecule has 0 atom stereocenters. The lowest BCUT2D eigenvalue weighted by molar-refractivity contribution is 0.669. The number of anilines is 3. The van der Waals surface area contributed by atoms with E-state index >= 15 is 0 Å². The highest BCUT2D eigenvalue weighted by Crippen LogP contribution is 2.54. The Morgan fingerprint density at radius 2 is 0.942 bits per heavy atom. The summed E-state index contributed by atoms with van der Waals surface area (Å²) in [6.07, 6.45) is 0. The smallest absolute Gasteiger partial charge is 0.136 e. The molecule has 11 rings (SSSR count). The van der Waals surface area contributed by atoms with E-state index in [1.807, 2.05) is 17.8 Å². The van der Waals surface area contributed by atoms with Crippen LogP contribution in [0.25, 0.3) is 71.7 Å². The molecule has 3 heterocycles. The van der Waals surface area contributed by atoms with Gasteiger partial charge in [0.15, 0.2) is 0 Å². The fraction of sp³-hybridized carbons (Fsp3) is 0. The zero-order valence-corrected chi connectivity index (χ0v) is 28.8. The van der Waals surface area contributed by atoms with E-state index in [2.05, 4.69) is 185 Å². The summed E-state index contributed by atoms with van der Waals surface area (Å²) in [5.74, 6) is 0. The highest BCUT2D eigenvalue weighted by atomic mass is 32.2. The van der Waals surface area contributed by atoms with Crippen LogP contribution in [-0.2, 0) is 0 Å². The second kappa shape index (κ2) is 11.5. The van der Waals surface area contributed by atoms with Gasteiger partial charge in [0.1, 0.15) is 11.2 Å². The summed E-state index contributed by atoms with van der Waals surface area (Å²) in [5.41, 5.74) is 13.4. The van der Waals surface area contributed by atoms with E-state index in [0.29, 0.717) is 0 Å². The highest BCUT2D eigenvalue weighted by molar-refractivity contribution is 7.99. The van der Waals surface area contributed by atoms with E-state index in [9.17, 15) is 0 Å². The molecule has 0 radical (unpaired) electrons. The van der Waals surface area contributed by atoms with Gasteiger partial charge >= 0.3 is 0 Å². The lowest BCUT2D eigenvalue weighted by Gasteiger charge is -2.35. The van der Waals surface area contributed by atoms with Gasteiger partial charge in [0.05, 0.1) is 33.8 Å². The first kappa shape index (κ1) is 29.3. The lowest BCUT2D eigenvalue weighted by Crippen LogP contribution is -2.16. The molecule has 0 aliphatic carbocycles. The summed E-state index contributed by atoms with van der Waals surface area (Å²) in [6.45, 7) is 0. The predicted octanol–water partition coefficient (Wildman–Crippen LogP) is 14.0. The van der Waals surface area contributed by atoms with E-state index in [4.69, 9.17) is 4.42 Å². The summed E-state index contributed by atoms with van der Waals surface area (Å²) < 4.78 is 8.79. The van der Waals surface area contributed by atoms with Crippen molar-refractivity contribution in [2.24, 2.45) is 0 Å². The molecule has 0 fully saturated rings. The normalized spacial score (nSPS) is 12.5. The van der Waals surface area contributed by atoms with Crippen molar-refractivity contribution in [3.63, 3.8) is 0 Å². The standard InChI is InChI=1S/C48H30N2OS/c1-4-20-37-34(16-1)35-17-2-5-21-38(35)49(37)41-24-13-25-42(50-39-22-6-9-28-45(39)52-46-29-10-7-23-40(46)50)47(41)32-15-11-14-31(30-32)33-19-12-27-44-48(33)36-18-3-8-26-43(36)51-44/h1-30H. The van der Waals surface area contributed by atoms with Crippen molar-refractivity contribution < 1.29 is 4.42 Å². The van der Waals surface area contributed by atoms with Crippen LogP contribution in [0.15, 0.2) is 196 Å². The number of para-hydroxylation sites is 5. The fourth-order valence-corrected chi connectivity index (χ4v) is 9.26. The Labute approximate surface area is 305 Å². The average molecular weight is 683 g/mol. The molecule has 0 N–H and O–H groups in total. The Hall–Kier alpha value is -6.49. The quantitative estimate of drug-likeness (QED) is 0.184. The molecule has 0 bridgehead atoms. The van der Waals surface area contributed by atoms with Gasteiger partial charge < -0.3 is 13.9 Å². The monoisotopic (exact) mass is 682 g/mol. The van der Waals surface area contributed by atoms with Gasteiger partial charge in [-0.25, -0.2) is 0 Å². The third-order valence-corrected chi connectivity index (χ3v) is 11.5. The number of fused-ring (bicyclic) bond motifs is 8. The van der Waals surface area contributed by atoms with Crippen molar-refractivity contribution in [3.8, 4) is 27.9 Å². The fourth-order valence-electron chi connectivity index (χ4n) is 8.20. The van der Waals surface area contributed by atoms with Gasteiger partial charge in [-0.1, -0.05) is 127 Å². The minimum absolute atomic E-state index is 0.898. The molecular weight excluding hydrogens is 653 g/mol. The molecule has 0 saturated carbocycles. The maximum atomic E-state index is 6.33. The van der Waals surface area contributed by atoms with Crippen LogP contribution in [0.2, 0.25) is 0 Å². The van der Waals surface area contributed by atoms with E-state index < -0.39 is 0 Å². The van der Waals surface area contributed by atoms with E-state index in [-0.39, 0.29) is 0 Å². The van der Waals surface area contributed by atoms with Crippen molar-refractivity contribution in [3.05, 3.63) is 182 Å². The number of benzene rings is 8. The van der Waals surface area contributed by atoms with Gasteiger partial charge in [-0.15, -0.1) is 0 Å². The van der Waals surface area contributed by atoms with Crippen LogP contribution in [0, 0.1) is 0 Å². The maximum absolute atomic E-state index is 6.33. The molecule has 0 spiro atoms. The Morgan fingerprint density at radius 3 is 1.69 bits per heavy atom. The zero-order valence-electron chi connectivity index (χ0n) is 28.0. The molecule has 0 amide bonds. The van der Waals surface area contributed by atoms with Crippen molar-refractivity contribution >= 4 is 72.6 Å². The van der Waals surface area contributed by atoms with Crippen LogP contribution in [-0.4, -0.2) is 4.57 Å². The molecule has 10 aromatic rings. The van der Waals surface area contributed by atoms with E-state index in [1.165, 1.54) is 43.0 Å². The first-order chi connectivity index (χ1) is 25.8. The summed E-state index contributed by atoms with van der Waals surface area (Å²) in [6, 6.07) is 65.6. The SMILES string of the molecule is c1cc(-c2c(N3c4ccccc4Sc4ccccc43)cccc2-n2c3ccccc3c3ccccc32)cc(-c2cccc3oc4ccccc4c23)c1. The molecule has 2 aromatic heterocycles. The van der Waals surface area contributed by atoms with Crippen LogP contribution in [0.3, 0.4) is 0 Å². The van der Waals surface area contributed by atoms with Gasteiger partial charge in [-0.3, -0.25) is 0 Å². The number of furan rings is 1. The highest BCUT2D eigenvalue weighted by Gasteiger charge is 2.28.